The molecule has 0 atom stereocenters. The normalized spacial score (nSPS) is 10.4. The summed E-state index contributed by atoms with van der Waals surface area (Å²) < 4.78 is 0. The SMILES string of the molecule is C#CCN(CC)C(=O)c1ccc2[nH]c(C)c(C)c2c1. The van der Waals surface area contributed by atoms with E-state index in [0.717, 1.165) is 16.6 Å². The molecule has 1 N–H and O–H groups in total. The minimum absolute atomic E-state index is 0.0133. The number of fused-ring (bicyclic) bond motifs is 1. The first kappa shape index (κ1) is 13.2. The maximum Gasteiger partial charge on any atom is 0.254 e. The minimum atomic E-state index is -0.0133. The van der Waals surface area contributed by atoms with E-state index >= 15 is 0 Å². The molecule has 1 aromatic heterocycles. The molecule has 0 unspecified atom stereocenters. The second kappa shape index (κ2) is 5.19. The van der Waals surface area contributed by atoms with Crippen LogP contribution in [0.3, 0.4) is 0 Å². The molecular formula is C16H18N2O. The topological polar surface area (TPSA) is 36.1 Å². The maximum atomic E-state index is 12.3. The van der Waals surface area contributed by atoms with E-state index in [-0.39, 0.29) is 5.91 Å². The molecule has 0 spiro atoms. The number of H-pyrrole nitrogens is 1. The van der Waals surface area contributed by atoms with Crippen LogP contribution in [0.15, 0.2) is 18.2 Å². The number of amides is 1. The highest BCUT2D eigenvalue weighted by molar-refractivity contribution is 5.99. The van der Waals surface area contributed by atoms with E-state index < -0.39 is 0 Å². The summed E-state index contributed by atoms with van der Waals surface area (Å²) in [5.41, 5.74) is 4.07. The van der Waals surface area contributed by atoms with Gasteiger partial charge in [-0.3, -0.25) is 4.79 Å². The number of benzene rings is 1. The fourth-order valence-corrected chi connectivity index (χ4v) is 2.21. The van der Waals surface area contributed by atoms with Gasteiger partial charge in [-0.25, -0.2) is 0 Å². The Morgan fingerprint density at radius 1 is 1.42 bits per heavy atom. The zero-order valence-electron chi connectivity index (χ0n) is 11.6. The van der Waals surface area contributed by atoms with Crippen LogP contribution in [0.1, 0.15) is 28.5 Å². The molecule has 0 aliphatic rings. The van der Waals surface area contributed by atoms with Gasteiger partial charge in [0.25, 0.3) is 5.91 Å². The Bertz CT molecular complexity index is 661. The molecule has 0 saturated heterocycles. The summed E-state index contributed by atoms with van der Waals surface area (Å²) >= 11 is 0. The van der Waals surface area contributed by atoms with E-state index in [1.807, 2.05) is 32.0 Å². The van der Waals surface area contributed by atoms with Crippen LogP contribution in [0.5, 0.6) is 0 Å². The Hall–Kier alpha value is -2.21. The number of carbonyl (C=O) groups excluding carboxylic acids is 1. The summed E-state index contributed by atoms with van der Waals surface area (Å²) in [6, 6.07) is 5.74. The summed E-state index contributed by atoms with van der Waals surface area (Å²) in [5.74, 6) is 2.51. The second-order valence-corrected chi connectivity index (χ2v) is 4.66. The molecule has 0 bridgehead atoms. The van der Waals surface area contributed by atoms with Gasteiger partial charge in [-0.1, -0.05) is 5.92 Å². The number of aryl methyl sites for hydroxylation is 2. The smallest absolute Gasteiger partial charge is 0.254 e. The molecular weight excluding hydrogens is 236 g/mol. The first-order valence-corrected chi connectivity index (χ1v) is 6.40. The maximum absolute atomic E-state index is 12.3. The average molecular weight is 254 g/mol. The van der Waals surface area contributed by atoms with Crippen molar-refractivity contribution < 1.29 is 4.79 Å². The standard InChI is InChI=1S/C16H18N2O/c1-5-9-18(6-2)16(19)13-7-8-15-14(10-13)11(3)12(4)17-15/h1,7-8,10,17H,6,9H2,2-4H3. The zero-order chi connectivity index (χ0) is 14.0. The molecule has 1 amide bonds. The van der Waals surface area contributed by atoms with E-state index in [1.165, 1.54) is 5.56 Å². The van der Waals surface area contributed by atoms with Gasteiger partial charge in [0.2, 0.25) is 0 Å². The molecule has 2 aromatic rings. The largest absolute Gasteiger partial charge is 0.358 e. The van der Waals surface area contributed by atoms with Gasteiger partial charge in [0.15, 0.2) is 0 Å². The molecule has 1 heterocycles. The highest BCUT2D eigenvalue weighted by Crippen LogP contribution is 2.22. The molecule has 2 rings (SSSR count). The van der Waals surface area contributed by atoms with Crippen molar-refractivity contribution in [3.8, 4) is 12.3 Å². The monoisotopic (exact) mass is 254 g/mol. The number of aromatic amines is 1. The summed E-state index contributed by atoms with van der Waals surface area (Å²) in [5, 5.41) is 1.10. The van der Waals surface area contributed by atoms with Crippen molar-refractivity contribution in [3.63, 3.8) is 0 Å². The van der Waals surface area contributed by atoms with Crippen LogP contribution < -0.4 is 0 Å². The molecule has 3 heteroatoms. The predicted molar refractivity (Wildman–Crippen MR) is 78.2 cm³/mol. The van der Waals surface area contributed by atoms with Gasteiger partial charge in [0.1, 0.15) is 0 Å². The molecule has 3 nitrogen and oxygen atoms in total. The van der Waals surface area contributed by atoms with Gasteiger partial charge >= 0.3 is 0 Å². The molecule has 98 valence electrons. The van der Waals surface area contributed by atoms with Crippen molar-refractivity contribution >= 4 is 16.8 Å². The van der Waals surface area contributed by atoms with Crippen molar-refractivity contribution in [3.05, 3.63) is 35.0 Å². The summed E-state index contributed by atoms with van der Waals surface area (Å²) in [6.45, 7) is 6.99. The lowest BCUT2D eigenvalue weighted by atomic mass is 10.1. The molecule has 1 aromatic carbocycles. The number of aromatic nitrogens is 1. The van der Waals surface area contributed by atoms with Crippen LogP contribution in [0, 0.1) is 26.2 Å². The van der Waals surface area contributed by atoms with Crippen LogP contribution >= 0.6 is 0 Å². The van der Waals surface area contributed by atoms with Crippen LogP contribution in [0.25, 0.3) is 10.9 Å². The number of nitrogens with zero attached hydrogens (tertiary/aromatic N) is 1. The Morgan fingerprint density at radius 3 is 2.79 bits per heavy atom. The molecule has 0 aliphatic carbocycles. The van der Waals surface area contributed by atoms with Gasteiger partial charge < -0.3 is 9.88 Å². The first-order chi connectivity index (χ1) is 9.08. The Kier molecular flexibility index (Phi) is 3.62. The first-order valence-electron chi connectivity index (χ1n) is 6.40. The number of hydrogen-bond donors (Lipinski definition) is 1. The van der Waals surface area contributed by atoms with Gasteiger partial charge in [-0.2, -0.15) is 0 Å². The number of carbonyl (C=O) groups is 1. The zero-order valence-corrected chi connectivity index (χ0v) is 11.6. The second-order valence-electron chi connectivity index (χ2n) is 4.66. The number of rotatable bonds is 3. The van der Waals surface area contributed by atoms with Crippen molar-refractivity contribution in [1.82, 2.24) is 9.88 Å². The van der Waals surface area contributed by atoms with Crippen molar-refractivity contribution in [1.29, 1.82) is 0 Å². The summed E-state index contributed by atoms with van der Waals surface area (Å²) in [4.78, 5) is 17.3. The van der Waals surface area contributed by atoms with Crippen LogP contribution in [0.2, 0.25) is 0 Å². The molecule has 0 saturated carbocycles. The van der Waals surface area contributed by atoms with E-state index in [0.29, 0.717) is 18.7 Å². The number of nitrogens with one attached hydrogen (secondary N) is 1. The van der Waals surface area contributed by atoms with E-state index in [1.54, 1.807) is 4.90 Å². The van der Waals surface area contributed by atoms with Crippen LogP contribution in [-0.4, -0.2) is 28.9 Å². The third-order valence-corrected chi connectivity index (χ3v) is 3.51. The quantitative estimate of drug-likeness (QED) is 0.840. The number of terminal acetylenes is 1. The lowest BCUT2D eigenvalue weighted by molar-refractivity contribution is 0.0785. The fraction of sp³-hybridized carbons (Fsp3) is 0.312. The molecule has 0 fully saturated rings. The van der Waals surface area contributed by atoms with Crippen LogP contribution in [0.4, 0.5) is 0 Å². The Morgan fingerprint density at radius 2 is 2.16 bits per heavy atom. The lowest BCUT2D eigenvalue weighted by Crippen LogP contribution is -2.31. The van der Waals surface area contributed by atoms with Crippen molar-refractivity contribution in [2.45, 2.75) is 20.8 Å². The average Bonchev–Trinajstić information content (AvgIpc) is 2.70. The van der Waals surface area contributed by atoms with E-state index in [9.17, 15) is 4.79 Å². The third kappa shape index (κ3) is 2.34. The number of hydrogen-bond acceptors (Lipinski definition) is 1. The van der Waals surface area contributed by atoms with Gasteiger partial charge in [0.05, 0.1) is 6.54 Å². The molecule has 0 aliphatic heterocycles. The fourth-order valence-electron chi connectivity index (χ4n) is 2.21. The van der Waals surface area contributed by atoms with Gasteiger partial charge in [0, 0.05) is 28.7 Å². The third-order valence-electron chi connectivity index (χ3n) is 3.51. The van der Waals surface area contributed by atoms with Gasteiger partial charge in [-0.05, 0) is 44.5 Å². The minimum Gasteiger partial charge on any atom is -0.358 e. The van der Waals surface area contributed by atoms with Gasteiger partial charge in [-0.15, -0.1) is 6.42 Å². The predicted octanol–water partition coefficient (Wildman–Crippen LogP) is 2.88. The summed E-state index contributed by atoms with van der Waals surface area (Å²) in [7, 11) is 0. The Labute approximate surface area is 113 Å². The van der Waals surface area contributed by atoms with Crippen molar-refractivity contribution in [2.24, 2.45) is 0 Å². The van der Waals surface area contributed by atoms with E-state index in [4.69, 9.17) is 6.42 Å². The Balaban J connectivity index is 2.43. The summed E-state index contributed by atoms with van der Waals surface area (Å²) in [6.07, 6.45) is 5.29. The van der Waals surface area contributed by atoms with E-state index in [2.05, 4.69) is 17.8 Å². The lowest BCUT2D eigenvalue weighted by Gasteiger charge is -2.17. The molecule has 19 heavy (non-hydrogen) atoms. The van der Waals surface area contributed by atoms with Crippen LogP contribution in [-0.2, 0) is 0 Å². The highest BCUT2D eigenvalue weighted by Gasteiger charge is 2.14. The molecule has 0 radical (unpaired) electrons. The highest BCUT2D eigenvalue weighted by atomic mass is 16.2. The van der Waals surface area contributed by atoms with Crippen molar-refractivity contribution in [2.75, 3.05) is 13.1 Å².